The molecule has 0 spiro atoms. The molecular formula is C7H7BClF3NS-. The lowest BCUT2D eigenvalue weighted by molar-refractivity contribution is 0.485. The molecule has 14 heavy (non-hydrogen) atoms. The molecule has 0 amide bonds. The quantitative estimate of drug-likeness (QED) is 0.498. The number of benzene rings is 1. The van der Waals surface area contributed by atoms with E-state index in [1.54, 1.807) is 6.07 Å². The molecule has 0 aliphatic carbocycles. The largest absolute Gasteiger partial charge is 0.488 e. The van der Waals surface area contributed by atoms with Crippen LogP contribution in [0.5, 0.6) is 0 Å². The molecule has 7 heteroatoms. The maximum absolute atomic E-state index is 11.9. The summed E-state index contributed by atoms with van der Waals surface area (Å²) in [5, 5.41) is 0.296. The molecule has 1 aromatic carbocycles. The Morgan fingerprint density at radius 3 is 2.57 bits per heavy atom. The van der Waals surface area contributed by atoms with Crippen molar-refractivity contribution in [3.8, 4) is 0 Å². The maximum Gasteiger partial charge on any atom is 0.488 e. The van der Waals surface area contributed by atoms with Crippen molar-refractivity contribution < 1.29 is 12.9 Å². The fourth-order valence-corrected chi connectivity index (χ4v) is 1.89. The van der Waals surface area contributed by atoms with Crippen molar-refractivity contribution in [2.45, 2.75) is 4.90 Å². The van der Waals surface area contributed by atoms with E-state index in [2.05, 4.69) is 0 Å². The first-order valence-electron chi connectivity index (χ1n) is 3.77. The number of nitrogens with two attached hydrogens (primary N) is 1. The molecule has 0 saturated carbocycles. The van der Waals surface area contributed by atoms with E-state index in [0.29, 0.717) is 27.4 Å². The number of halogens is 4. The molecule has 0 radical (unpaired) electrons. The topological polar surface area (TPSA) is 26.0 Å². The van der Waals surface area contributed by atoms with Crippen molar-refractivity contribution in [2.75, 3.05) is 11.4 Å². The Hall–Kier alpha value is -0.485. The predicted octanol–water partition coefficient (Wildman–Crippen LogP) is 3.40. The molecule has 0 saturated heterocycles. The molecule has 0 unspecified atom stereocenters. The molecule has 0 fully saturated rings. The first-order chi connectivity index (χ1) is 6.38. The van der Waals surface area contributed by atoms with E-state index in [1.807, 2.05) is 0 Å². The van der Waals surface area contributed by atoms with Crippen molar-refractivity contribution in [1.29, 1.82) is 0 Å². The summed E-state index contributed by atoms with van der Waals surface area (Å²) < 4.78 is 35.8. The molecule has 0 aliphatic rings. The third-order valence-electron chi connectivity index (χ3n) is 1.38. The monoisotopic (exact) mass is 240 g/mol. The van der Waals surface area contributed by atoms with E-state index in [4.69, 9.17) is 17.3 Å². The summed E-state index contributed by atoms with van der Waals surface area (Å²) in [4.78, 5) is 0.367. The highest BCUT2D eigenvalue weighted by molar-refractivity contribution is 8.00. The van der Waals surface area contributed by atoms with Crippen molar-refractivity contribution in [3.63, 3.8) is 0 Å². The van der Waals surface area contributed by atoms with E-state index < -0.39 is 12.6 Å². The van der Waals surface area contributed by atoms with Gasteiger partial charge < -0.3 is 18.7 Å². The molecular weight excluding hydrogens is 233 g/mol. The minimum atomic E-state index is -4.79. The van der Waals surface area contributed by atoms with Gasteiger partial charge in [-0.1, -0.05) is 11.6 Å². The van der Waals surface area contributed by atoms with Crippen molar-refractivity contribution in [1.82, 2.24) is 0 Å². The molecule has 0 heterocycles. The minimum absolute atomic E-state index is 0.296. The summed E-state index contributed by atoms with van der Waals surface area (Å²) in [6.07, 6.45) is 0. The van der Waals surface area contributed by atoms with Gasteiger partial charge in [0.25, 0.3) is 0 Å². The third kappa shape index (κ3) is 3.71. The molecule has 0 bridgehead atoms. The van der Waals surface area contributed by atoms with Crippen molar-refractivity contribution >= 4 is 36.0 Å². The zero-order valence-corrected chi connectivity index (χ0v) is 8.59. The van der Waals surface area contributed by atoms with E-state index in [9.17, 15) is 12.9 Å². The average molecular weight is 240 g/mol. The Kier molecular flexibility index (Phi) is 3.61. The number of rotatable bonds is 3. The summed E-state index contributed by atoms with van der Waals surface area (Å²) in [6, 6.07) is 4.47. The number of hydrogen-bond acceptors (Lipinski definition) is 2. The Morgan fingerprint density at radius 2 is 2.00 bits per heavy atom. The first kappa shape index (κ1) is 11.6. The fraction of sp³-hybridized carbons (Fsp3) is 0.143. The first-order valence-corrected chi connectivity index (χ1v) is 5.13. The van der Waals surface area contributed by atoms with Gasteiger partial charge in [0.1, 0.15) is 0 Å². The second-order valence-electron chi connectivity index (χ2n) is 2.71. The Labute approximate surface area is 88.9 Å². The Bertz CT molecular complexity index is 331. The lowest BCUT2D eigenvalue weighted by Gasteiger charge is -2.13. The summed E-state index contributed by atoms with van der Waals surface area (Å²) in [6.45, 7) is -4.79. The van der Waals surface area contributed by atoms with Gasteiger partial charge in [-0.2, -0.15) is 11.8 Å². The molecule has 2 N–H and O–H groups in total. The van der Waals surface area contributed by atoms with Crippen LogP contribution in [0.25, 0.3) is 0 Å². The van der Waals surface area contributed by atoms with Crippen LogP contribution >= 0.6 is 23.4 Å². The predicted molar refractivity (Wildman–Crippen MR) is 55.7 cm³/mol. The van der Waals surface area contributed by atoms with Crippen molar-refractivity contribution in [2.24, 2.45) is 0 Å². The fourth-order valence-electron chi connectivity index (χ4n) is 0.815. The summed E-state index contributed by atoms with van der Waals surface area (Å²) in [5.41, 5.74) is 4.93. The highest BCUT2D eigenvalue weighted by Crippen LogP contribution is 2.31. The highest BCUT2D eigenvalue weighted by atomic mass is 35.5. The minimum Gasteiger partial charge on any atom is -0.448 e. The highest BCUT2D eigenvalue weighted by Gasteiger charge is 2.23. The molecule has 1 aromatic rings. The number of hydrogen-bond donors (Lipinski definition) is 1. The van der Waals surface area contributed by atoms with Gasteiger partial charge in [-0.3, -0.25) is 0 Å². The van der Waals surface area contributed by atoms with Gasteiger partial charge in [0.2, 0.25) is 0 Å². The van der Waals surface area contributed by atoms with E-state index >= 15 is 0 Å². The zero-order chi connectivity index (χ0) is 10.8. The van der Waals surface area contributed by atoms with Crippen LogP contribution in [0, 0.1) is 0 Å². The van der Waals surface area contributed by atoms with Crippen LogP contribution in [0.3, 0.4) is 0 Å². The summed E-state index contributed by atoms with van der Waals surface area (Å²) in [7, 11) is 0. The summed E-state index contributed by atoms with van der Waals surface area (Å²) in [5.74, 6) is 0. The van der Waals surface area contributed by atoms with Crippen LogP contribution in [0.15, 0.2) is 23.1 Å². The second-order valence-corrected chi connectivity index (χ2v) is 4.18. The third-order valence-corrected chi connectivity index (χ3v) is 3.02. The van der Waals surface area contributed by atoms with Crippen LogP contribution in [0.4, 0.5) is 18.6 Å². The van der Waals surface area contributed by atoms with Gasteiger partial charge in [-0.05, 0) is 23.9 Å². The molecule has 0 atom stereocenters. The Morgan fingerprint density at radius 1 is 1.36 bits per heavy atom. The van der Waals surface area contributed by atoms with E-state index in [-0.39, 0.29) is 0 Å². The molecule has 1 rings (SSSR count). The SMILES string of the molecule is Nc1ccc(Cl)c(SC[B-](F)(F)F)c1. The van der Waals surface area contributed by atoms with Crippen LogP contribution in [-0.4, -0.2) is 12.6 Å². The second kappa shape index (κ2) is 4.36. The number of anilines is 1. The lowest BCUT2D eigenvalue weighted by atomic mass is 9.98. The summed E-state index contributed by atoms with van der Waals surface area (Å²) >= 11 is 6.35. The molecule has 0 aromatic heterocycles. The van der Waals surface area contributed by atoms with Gasteiger partial charge in [0.15, 0.2) is 0 Å². The van der Waals surface area contributed by atoms with Crippen LogP contribution in [0.2, 0.25) is 5.02 Å². The number of nitrogen functional groups attached to an aromatic ring is 1. The van der Waals surface area contributed by atoms with E-state index in [1.165, 1.54) is 12.1 Å². The standard InChI is InChI=1S/C7H7BClF3NS/c9-6-2-1-5(13)3-7(6)14-4-8(10,11)12/h1-3H,4,13H2/q-1. The van der Waals surface area contributed by atoms with Gasteiger partial charge in [0.05, 0.1) is 5.02 Å². The van der Waals surface area contributed by atoms with E-state index in [0.717, 1.165) is 0 Å². The Balaban J connectivity index is 2.72. The van der Waals surface area contributed by atoms with Gasteiger partial charge in [-0.25, -0.2) is 0 Å². The lowest BCUT2D eigenvalue weighted by Crippen LogP contribution is -2.18. The van der Waals surface area contributed by atoms with Crippen LogP contribution in [-0.2, 0) is 0 Å². The van der Waals surface area contributed by atoms with Gasteiger partial charge in [-0.15, -0.1) is 0 Å². The number of thioether (sulfide) groups is 1. The smallest absolute Gasteiger partial charge is 0.448 e. The van der Waals surface area contributed by atoms with Crippen LogP contribution in [0.1, 0.15) is 0 Å². The average Bonchev–Trinajstić information content (AvgIpc) is 2.05. The van der Waals surface area contributed by atoms with Crippen LogP contribution < -0.4 is 5.73 Å². The molecule has 1 nitrogen and oxygen atoms in total. The normalized spacial score (nSPS) is 11.7. The van der Waals surface area contributed by atoms with Crippen molar-refractivity contribution in [3.05, 3.63) is 23.2 Å². The van der Waals surface area contributed by atoms with Gasteiger partial charge in [0, 0.05) is 10.6 Å². The maximum atomic E-state index is 11.9. The molecule has 0 aliphatic heterocycles. The zero-order valence-electron chi connectivity index (χ0n) is 7.01. The molecule has 78 valence electrons. The van der Waals surface area contributed by atoms with Gasteiger partial charge >= 0.3 is 6.98 Å².